The second-order valence-corrected chi connectivity index (χ2v) is 6.10. The molecule has 4 nitrogen and oxygen atoms in total. The van der Waals surface area contributed by atoms with Crippen LogP contribution in [0.1, 0.15) is 34.8 Å². The third kappa shape index (κ3) is 2.46. The molecule has 118 valence electrons. The molecule has 0 bridgehead atoms. The summed E-state index contributed by atoms with van der Waals surface area (Å²) >= 11 is 0. The van der Waals surface area contributed by atoms with Crippen molar-refractivity contribution in [2.24, 2.45) is 0 Å². The van der Waals surface area contributed by atoms with Crippen molar-refractivity contribution in [1.29, 1.82) is 0 Å². The molecule has 0 unspecified atom stereocenters. The summed E-state index contributed by atoms with van der Waals surface area (Å²) in [5.74, 6) is 0.221. The van der Waals surface area contributed by atoms with E-state index in [9.17, 15) is 9.59 Å². The van der Waals surface area contributed by atoms with Gasteiger partial charge in [0.1, 0.15) is 5.65 Å². The first-order chi connectivity index (χ1) is 11.6. The molecule has 1 aromatic carbocycles. The van der Waals surface area contributed by atoms with Crippen LogP contribution in [0.25, 0.3) is 28.2 Å². The van der Waals surface area contributed by atoms with Gasteiger partial charge < -0.3 is 4.98 Å². The molecule has 24 heavy (non-hydrogen) atoms. The molecule has 4 heteroatoms. The standard InChI is InChI=1S/C20H16N2O2/c1-12(23)2-3-15-10-21-20-18(15)9-16(11-22-20)14-5-4-13-6-7-19(24)17(13)8-14/h2-5,8-11H,6-7H2,1H3,(H,21,22)/b3-2+. The number of H-pyrrole nitrogens is 1. The molecule has 1 aliphatic carbocycles. The van der Waals surface area contributed by atoms with Crippen LogP contribution in [-0.2, 0) is 11.2 Å². The van der Waals surface area contributed by atoms with E-state index < -0.39 is 0 Å². The van der Waals surface area contributed by atoms with Crippen molar-refractivity contribution in [3.05, 3.63) is 59.4 Å². The van der Waals surface area contributed by atoms with E-state index in [0.717, 1.165) is 45.3 Å². The second-order valence-electron chi connectivity index (χ2n) is 6.10. The van der Waals surface area contributed by atoms with Crippen molar-refractivity contribution in [2.45, 2.75) is 19.8 Å². The number of nitrogens with zero attached hydrogens (tertiary/aromatic N) is 1. The van der Waals surface area contributed by atoms with E-state index in [-0.39, 0.29) is 11.6 Å². The number of fused-ring (bicyclic) bond motifs is 2. The normalized spacial score (nSPS) is 13.8. The number of carbonyl (C=O) groups is 2. The molecular formula is C20H16N2O2. The van der Waals surface area contributed by atoms with Crippen molar-refractivity contribution >= 4 is 28.7 Å². The van der Waals surface area contributed by atoms with E-state index in [1.165, 1.54) is 6.92 Å². The van der Waals surface area contributed by atoms with Gasteiger partial charge in [-0.25, -0.2) is 4.98 Å². The summed E-state index contributed by atoms with van der Waals surface area (Å²) in [6, 6.07) is 8.08. The molecule has 0 saturated heterocycles. The minimum Gasteiger partial charge on any atom is -0.346 e. The van der Waals surface area contributed by atoms with Crippen LogP contribution in [0.2, 0.25) is 0 Å². The molecule has 1 N–H and O–H groups in total. The van der Waals surface area contributed by atoms with E-state index in [0.29, 0.717) is 6.42 Å². The minimum atomic E-state index is 0.00518. The summed E-state index contributed by atoms with van der Waals surface area (Å²) in [5, 5.41) is 0.955. The van der Waals surface area contributed by atoms with Crippen LogP contribution >= 0.6 is 0 Å². The number of aryl methyl sites for hydroxylation is 1. The Bertz CT molecular complexity index is 1010. The van der Waals surface area contributed by atoms with Gasteiger partial charge in [-0.3, -0.25) is 9.59 Å². The first-order valence-electron chi connectivity index (χ1n) is 7.94. The van der Waals surface area contributed by atoms with Crippen LogP contribution < -0.4 is 0 Å². The van der Waals surface area contributed by atoms with Crippen molar-refractivity contribution < 1.29 is 9.59 Å². The lowest BCUT2D eigenvalue weighted by atomic mass is 10.0. The summed E-state index contributed by atoms with van der Waals surface area (Å²) in [5.41, 5.74) is 5.61. The Labute approximate surface area is 139 Å². The van der Waals surface area contributed by atoms with Crippen LogP contribution in [0.15, 0.2) is 42.7 Å². The summed E-state index contributed by atoms with van der Waals surface area (Å²) in [6.07, 6.45) is 8.42. The molecule has 3 aromatic rings. The molecule has 0 atom stereocenters. The minimum absolute atomic E-state index is 0.00518. The van der Waals surface area contributed by atoms with Crippen LogP contribution in [-0.4, -0.2) is 21.5 Å². The highest BCUT2D eigenvalue weighted by molar-refractivity contribution is 6.02. The van der Waals surface area contributed by atoms with Gasteiger partial charge in [0.05, 0.1) is 0 Å². The molecule has 0 amide bonds. The maximum Gasteiger partial charge on any atom is 0.163 e. The summed E-state index contributed by atoms with van der Waals surface area (Å²) in [6.45, 7) is 1.52. The van der Waals surface area contributed by atoms with E-state index in [2.05, 4.69) is 9.97 Å². The third-order valence-electron chi connectivity index (χ3n) is 4.43. The number of Topliss-reactive ketones (excluding diaryl/α,β-unsaturated/α-hetero) is 1. The van der Waals surface area contributed by atoms with Gasteiger partial charge in [0.25, 0.3) is 0 Å². The maximum atomic E-state index is 12.0. The largest absolute Gasteiger partial charge is 0.346 e. The third-order valence-corrected chi connectivity index (χ3v) is 4.43. The number of benzene rings is 1. The first kappa shape index (κ1) is 14.6. The molecule has 0 spiro atoms. The highest BCUT2D eigenvalue weighted by atomic mass is 16.1. The monoisotopic (exact) mass is 316 g/mol. The molecule has 0 radical (unpaired) electrons. The molecule has 1 aliphatic rings. The Balaban J connectivity index is 1.80. The van der Waals surface area contributed by atoms with Crippen molar-refractivity contribution in [3.8, 4) is 11.1 Å². The quantitative estimate of drug-likeness (QED) is 0.744. The van der Waals surface area contributed by atoms with E-state index in [1.54, 1.807) is 18.3 Å². The highest BCUT2D eigenvalue weighted by Gasteiger charge is 2.19. The number of hydrogen-bond acceptors (Lipinski definition) is 3. The smallest absolute Gasteiger partial charge is 0.163 e. The highest BCUT2D eigenvalue weighted by Crippen LogP contribution is 2.30. The van der Waals surface area contributed by atoms with Crippen molar-refractivity contribution in [1.82, 2.24) is 9.97 Å². The van der Waals surface area contributed by atoms with E-state index in [1.807, 2.05) is 30.5 Å². The molecule has 0 aliphatic heterocycles. The SMILES string of the molecule is CC(=O)/C=C/c1c[nH]c2ncc(-c3ccc4c(c3)C(=O)CC4)cc12. The zero-order chi connectivity index (χ0) is 16.7. The molecule has 4 rings (SSSR count). The lowest BCUT2D eigenvalue weighted by Crippen LogP contribution is -1.92. The number of allylic oxidation sites excluding steroid dienone is 1. The Morgan fingerprint density at radius 1 is 1.21 bits per heavy atom. The number of rotatable bonds is 3. The van der Waals surface area contributed by atoms with Gasteiger partial charge in [-0.05, 0) is 48.8 Å². The van der Waals surface area contributed by atoms with Gasteiger partial charge in [0.15, 0.2) is 11.6 Å². The lowest BCUT2D eigenvalue weighted by molar-refractivity contribution is -0.112. The van der Waals surface area contributed by atoms with Crippen molar-refractivity contribution in [2.75, 3.05) is 0 Å². The fourth-order valence-corrected chi connectivity index (χ4v) is 3.14. The number of hydrogen-bond donors (Lipinski definition) is 1. The van der Waals surface area contributed by atoms with Crippen molar-refractivity contribution in [3.63, 3.8) is 0 Å². The number of carbonyl (C=O) groups excluding carboxylic acids is 2. The van der Waals surface area contributed by atoms with Crippen LogP contribution in [0, 0.1) is 0 Å². The molecule has 2 aromatic heterocycles. The zero-order valence-electron chi connectivity index (χ0n) is 13.3. The average molecular weight is 316 g/mol. The summed E-state index contributed by atoms with van der Waals surface area (Å²) < 4.78 is 0. The first-order valence-corrected chi connectivity index (χ1v) is 7.94. The number of ketones is 2. The predicted molar refractivity (Wildman–Crippen MR) is 93.9 cm³/mol. The topological polar surface area (TPSA) is 62.8 Å². The Morgan fingerprint density at radius 2 is 2.08 bits per heavy atom. The number of pyridine rings is 1. The van der Waals surface area contributed by atoms with Gasteiger partial charge in [-0.2, -0.15) is 0 Å². The number of nitrogens with one attached hydrogen (secondary N) is 1. The Kier molecular flexibility index (Phi) is 3.38. The predicted octanol–water partition coefficient (Wildman–Crippen LogP) is 3.96. The fraction of sp³-hybridized carbons (Fsp3) is 0.150. The van der Waals surface area contributed by atoms with E-state index in [4.69, 9.17) is 0 Å². The van der Waals surface area contributed by atoms with Gasteiger partial charge in [-0.15, -0.1) is 0 Å². The Morgan fingerprint density at radius 3 is 2.92 bits per heavy atom. The van der Waals surface area contributed by atoms with E-state index >= 15 is 0 Å². The maximum absolute atomic E-state index is 12.0. The lowest BCUT2D eigenvalue weighted by Gasteiger charge is -2.05. The Hall–Kier alpha value is -3.01. The molecule has 2 heterocycles. The summed E-state index contributed by atoms with van der Waals surface area (Å²) in [7, 11) is 0. The van der Waals surface area contributed by atoms with Crippen LogP contribution in [0.3, 0.4) is 0 Å². The number of aromatic amines is 1. The van der Waals surface area contributed by atoms with Gasteiger partial charge in [0.2, 0.25) is 0 Å². The fourth-order valence-electron chi connectivity index (χ4n) is 3.14. The average Bonchev–Trinajstić information content (AvgIpc) is 3.16. The molecular weight excluding hydrogens is 300 g/mol. The van der Waals surface area contributed by atoms with Crippen LogP contribution in [0.5, 0.6) is 0 Å². The summed E-state index contributed by atoms with van der Waals surface area (Å²) in [4.78, 5) is 30.7. The van der Waals surface area contributed by atoms with Gasteiger partial charge in [0, 0.05) is 40.9 Å². The molecule has 0 fully saturated rings. The van der Waals surface area contributed by atoms with Gasteiger partial charge >= 0.3 is 0 Å². The zero-order valence-corrected chi connectivity index (χ0v) is 13.3. The molecule has 0 saturated carbocycles. The second kappa shape index (κ2) is 5.57. The van der Waals surface area contributed by atoms with Gasteiger partial charge in [-0.1, -0.05) is 12.1 Å². The number of aromatic nitrogens is 2. The van der Waals surface area contributed by atoms with Crippen LogP contribution in [0.4, 0.5) is 0 Å².